The first-order chi connectivity index (χ1) is 14.8. The SMILES string of the molecule is CC(C)C(C(=O)NO)N1C(=O)NC(CCc2ccc(Oc3ccccc3)cc2F)C1=O. The van der Waals surface area contributed by atoms with Crippen molar-refractivity contribution in [2.75, 3.05) is 0 Å². The second kappa shape index (κ2) is 9.57. The summed E-state index contributed by atoms with van der Waals surface area (Å²) in [6.45, 7) is 3.31. The van der Waals surface area contributed by atoms with Crippen LogP contribution in [0.15, 0.2) is 48.5 Å². The first-order valence-corrected chi connectivity index (χ1v) is 9.90. The summed E-state index contributed by atoms with van der Waals surface area (Å²) in [6.07, 6.45) is 0.350. The molecule has 0 spiro atoms. The standard InChI is InChI=1S/C22H24FN3O5/c1-13(2)19(20(27)25-30)26-21(28)18(24-22(26)29)11-9-14-8-10-16(12-17(14)23)31-15-6-4-3-5-7-15/h3-8,10,12-13,18-19,30H,9,11H2,1-2H3,(H,24,29)(H,25,27). The van der Waals surface area contributed by atoms with Gasteiger partial charge in [-0.15, -0.1) is 0 Å². The van der Waals surface area contributed by atoms with E-state index in [2.05, 4.69) is 5.32 Å². The molecule has 1 heterocycles. The maximum Gasteiger partial charge on any atom is 0.325 e. The molecule has 0 radical (unpaired) electrons. The Balaban J connectivity index is 1.65. The van der Waals surface area contributed by atoms with E-state index in [0.717, 1.165) is 4.90 Å². The Morgan fingerprint density at radius 3 is 2.52 bits per heavy atom. The van der Waals surface area contributed by atoms with Gasteiger partial charge >= 0.3 is 6.03 Å². The summed E-state index contributed by atoms with van der Waals surface area (Å²) >= 11 is 0. The van der Waals surface area contributed by atoms with E-state index in [4.69, 9.17) is 9.94 Å². The number of rotatable bonds is 8. The lowest BCUT2D eigenvalue weighted by molar-refractivity contribution is -0.142. The van der Waals surface area contributed by atoms with Gasteiger partial charge in [-0.05, 0) is 42.5 Å². The summed E-state index contributed by atoms with van der Waals surface area (Å²) in [7, 11) is 0. The van der Waals surface area contributed by atoms with Crippen molar-refractivity contribution in [2.45, 2.75) is 38.8 Å². The van der Waals surface area contributed by atoms with E-state index in [1.165, 1.54) is 11.5 Å². The highest BCUT2D eigenvalue weighted by molar-refractivity contribution is 6.07. The van der Waals surface area contributed by atoms with Gasteiger partial charge in [0.05, 0.1) is 0 Å². The number of carbonyl (C=O) groups excluding carboxylic acids is 3. The van der Waals surface area contributed by atoms with Gasteiger partial charge in [-0.25, -0.2) is 19.6 Å². The Kier molecular flexibility index (Phi) is 6.86. The van der Waals surface area contributed by atoms with E-state index < -0.39 is 41.7 Å². The van der Waals surface area contributed by atoms with Gasteiger partial charge in [-0.2, -0.15) is 0 Å². The van der Waals surface area contributed by atoms with Crippen LogP contribution in [0.2, 0.25) is 0 Å². The van der Waals surface area contributed by atoms with Crippen LogP contribution in [0.4, 0.5) is 9.18 Å². The molecule has 0 aliphatic carbocycles. The molecule has 9 heteroatoms. The van der Waals surface area contributed by atoms with Crippen LogP contribution < -0.4 is 15.5 Å². The van der Waals surface area contributed by atoms with E-state index in [1.54, 1.807) is 38.1 Å². The van der Waals surface area contributed by atoms with E-state index in [0.29, 0.717) is 17.1 Å². The highest BCUT2D eigenvalue weighted by Gasteiger charge is 2.45. The molecule has 2 unspecified atom stereocenters. The van der Waals surface area contributed by atoms with Crippen molar-refractivity contribution >= 4 is 17.8 Å². The number of halogens is 1. The zero-order valence-electron chi connectivity index (χ0n) is 17.2. The molecule has 4 amide bonds. The Morgan fingerprint density at radius 2 is 1.90 bits per heavy atom. The second-order valence-corrected chi connectivity index (χ2v) is 7.58. The number of nitrogens with zero attached hydrogens (tertiary/aromatic N) is 1. The number of amides is 4. The molecule has 0 aromatic heterocycles. The lowest BCUT2D eigenvalue weighted by Crippen LogP contribution is -2.52. The van der Waals surface area contributed by atoms with Crippen LogP contribution in [0.25, 0.3) is 0 Å². The van der Waals surface area contributed by atoms with Crippen molar-refractivity contribution < 1.29 is 28.7 Å². The van der Waals surface area contributed by atoms with E-state index >= 15 is 0 Å². The zero-order chi connectivity index (χ0) is 22.5. The van der Waals surface area contributed by atoms with Crippen LogP contribution in [-0.2, 0) is 16.0 Å². The molecular weight excluding hydrogens is 405 g/mol. The van der Waals surface area contributed by atoms with Crippen molar-refractivity contribution in [1.82, 2.24) is 15.7 Å². The minimum Gasteiger partial charge on any atom is -0.457 e. The Bertz CT molecular complexity index is 967. The van der Waals surface area contributed by atoms with Gasteiger partial charge in [0, 0.05) is 6.07 Å². The molecule has 31 heavy (non-hydrogen) atoms. The average molecular weight is 429 g/mol. The fourth-order valence-corrected chi connectivity index (χ4v) is 3.51. The molecular formula is C22H24FN3O5. The summed E-state index contributed by atoms with van der Waals surface area (Å²) in [5.41, 5.74) is 1.86. The molecule has 8 nitrogen and oxygen atoms in total. The topological polar surface area (TPSA) is 108 Å². The maximum absolute atomic E-state index is 14.5. The van der Waals surface area contributed by atoms with Crippen molar-refractivity contribution in [3.63, 3.8) is 0 Å². The Hall–Kier alpha value is -3.46. The predicted octanol–water partition coefficient (Wildman–Crippen LogP) is 3.00. The van der Waals surface area contributed by atoms with Crippen LogP contribution in [0, 0.1) is 11.7 Å². The maximum atomic E-state index is 14.5. The lowest BCUT2D eigenvalue weighted by Gasteiger charge is -2.26. The van der Waals surface area contributed by atoms with Gasteiger partial charge in [-0.3, -0.25) is 14.8 Å². The zero-order valence-corrected chi connectivity index (χ0v) is 17.2. The highest BCUT2D eigenvalue weighted by Crippen LogP contribution is 2.25. The molecule has 164 valence electrons. The fraction of sp³-hybridized carbons (Fsp3) is 0.318. The fourth-order valence-electron chi connectivity index (χ4n) is 3.51. The van der Waals surface area contributed by atoms with Crippen molar-refractivity contribution in [1.29, 1.82) is 0 Å². The summed E-state index contributed by atoms with van der Waals surface area (Å²) in [5, 5.41) is 11.5. The molecule has 1 fully saturated rings. The number of urea groups is 1. The summed E-state index contributed by atoms with van der Waals surface area (Å²) in [6, 6.07) is 10.7. The van der Waals surface area contributed by atoms with Gasteiger partial charge in [0.2, 0.25) is 0 Å². The van der Waals surface area contributed by atoms with Crippen molar-refractivity contribution in [3.05, 3.63) is 59.9 Å². The van der Waals surface area contributed by atoms with Crippen molar-refractivity contribution in [2.24, 2.45) is 5.92 Å². The van der Waals surface area contributed by atoms with E-state index in [1.807, 2.05) is 18.2 Å². The molecule has 3 N–H and O–H groups in total. The highest BCUT2D eigenvalue weighted by atomic mass is 19.1. The molecule has 2 aromatic carbocycles. The van der Waals surface area contributed by atoms with Crippen LogP contribution in [-0.4, -0.2) is 40.0 Å². The molecule has 3 rings (SSSR count). The number of carbonyl (C=O) groups is 3. The van der Waals surface area contributed by atoms with E-state index in [9.17, 15) is 18.8 Å². The van der Waals surface area contributed by atoms with Crippen LogP contribution in [0.5, 0.6) is 11.5 Å². The Labute approximate surface area is 179 Å². The monoisotopic (exact) mass is 429 g/mol. The number of imide groups is 1. The number of aryl methyl sites for hydroxylation is 1. The van der Waals surface area contributed by atoms with Crippen LogP contribution >= 0.6 is 0 Å². The van der Waals surface area contributed by atoms with Gasteiger partial charge in [0.25, 0.3) is 11.8 Å². The van der Waals surface area contributed by atoms with Crippen LogP contribution in [0.1, 0.15) is 25.8 Å². The van der Waals surface area contributed by atoms with Crippen molar-refractivity contribution in [3.8, 4) is 11.5 Å². The molecule has 1 aliphatic heterocycles. The molecule has 0 bridgehead atoms. The van der Waals surface area contributed by atoms with Gasteiger partial charge in [0.1, 0.15) is 29.4 Å². The predicted molar refractivity (Wildman–Crippen MR) is 109 cm³/mol. The molecule has 2 aromatic rings. The van der Waals surface area contributed by atoms with Crippen LogP contribution in [0.3, 0.4) is 0 Å². The number of para-hydroxylation sites is 1. The quantitative estimate of drug-likeness (QED) is 0.340. The third-order valence-electron chi connectivity index (χ3n) is 5.05. The number of hydrogen-bond acceptors (Lipinski definition) is 5. The second-order valence-electron chi connectivity index (χ2n) is 7.58. The third kappa shape index (κ3) is 5.00. The van der Waals surface area contributed by atoms with E-state index in [-0.39, 0.29) is 12.8 Å². The summed E-state index contributed by atoms with van der Waals surface area (Å²) in [5.74, 6) is -1.40. The summed E-state index contributed by atoms with van der Waals surface area (Å²) in [4.78, 5) is 37.8. The number of hydroxylamine groups is 1. The van der Waals surface area contributed by atoms with Gasteiger partial charge in [0.15, 0.2) is 0 Å². The number of benzene rings is 2. The Morgan fingerprint density at radius 1 is 1.19 bits per heavy atom. The number of ether oxygens (including phenoxy) is 1. The average Bonchev–Trinajstić information content (AvgIpc) is 3.01. The van der Waals surface area contributed by atoms with Gasteiger partial charge in [-0.1, -0.05) is 38.1 Å². The molecule has 1 saturated heterocycles. The summed E-state index contributed by atoms with van der Waals surface area (Å²) < 4.78 is 20.1. The minimum atomic E-state index is -1.14. The third-order valence-corrected chi connectivity index (χ3v) is 5.05. The first-order valence-electron chi connectivity index (χ1n) is 9.90. The smallest absolute Gasteiger partial charge is 0.325 e. The minimum absolute atomic E-state index is 0.155. The number of nitrogens with one attached hydrogen (secondary N) is 2. The molecule has 2 atom stereocenters. The molecule has 1 aliphatic rings. The number of hydrogen-bond donors (Lipinski definition) is 3. The normalized spacial score (nSPS) is 16.9. The largest absolute Gasteiger partial charge is 0.457 e. The first kappa shape index (κ1) is 22.2. The molecule has 0 saturated carbocycles. The lowest BCUT2D eigenvalue weighted by atomic mass is 10.0. The van der Waals surface area contributed by atoms with Gasteiger partial charge < -0.3 is 10.1 Å².